The quantitative estimate of drug-likeness (QED) is 0.748. The molecule has 1 atom stereocenters. The van der Waals surface area contributed by atoms with Crippen LogP contribution in [0, 0.1) is 0 Å². The summed E-state index contributed by atoms with van der Waals surface area (Å²) < 4.78 is 4.86. The molecule has 0 amide bonds. The number of nitrogens with zero attached hydrogens (tertiary/aromatic N) is 1. The summed E-state index contributed by atoms with van der Waals surface area (Å²) in [5.41, 5.74) is 2.74. The molecule has 1 aromatic rings. The summed E-state index contributed by atoms with van der Waals surface area (Å²) in [4.78, 5) is 13.9. The molecule has 0 bridgehead atoms. The number of hydrogen-bond donors (Lipinski definition) is 0. The number of ether oxygens (including phenoxy) is 1. The van der Waals surface area contributed by atoms with E-state index in [1.165, 1.54) is 18.2 Å². The molecule has 1 aliphatic rings. The average Bonchev–Trinajstić information content (AvgIpc) is 2.39. The highest BCUT2D eigenvalue weighted by Crippen LogP contribution is 2.21. The highest BCUT2D eigenvalue weighted by Gasteiger charge is 2.27. The van der Waals surface area contributed by atoms with Crippen molar-refractivity contribution in [3.8, 4) is 0 Å². The van der Waals surface area contributed by atoms with Crippen molar-refractivity contribution in [3.63, 3.8) is 0 Å². The van der Waals surface area contributed by atoms with Crippen molar-refractivity contribution in [2.24, 2.45) is 0 Å². The maximum absolute atomic E-state index is 11.7. The lowest BCUT2D eigenvalue weighted by molar-refractivity contribution is -0.147. The fraction of sp³-hybridized carbons (Fsp3) is 0.500. The van der Waals surface area contributed by atoms with Crippen molar-refractivity contribution >= 4 is 5.97 Å². The van der Waals surface area contributed by atoms with Crippen molar-refractivity contribution in [3.05, 3.63) is 35.4 Å². The molecule has 0 saturated heterocycles. The van der Waals surface area contributed by atoms with Gasteiger partial charge in [-0.1, -0.05) is 31.2 Å². The van der Waals surface area contributed by atoms with E-state index in [4.69, 9.17) is 4.74 Å². The molecule has 92 valence electrons. The van der Waals surface area contributed by atoms with Crippen molar-refractivity contribution in [2.75, 3.05) is 13.7 Å². The Hall–Kier alpha value is -1.35. The van der Waals surface area contributed by atoms with Gasteiger partial charge in [-0.15, -0.1) is 0 Å². The minimum absolute atomic E-state index is 0.103. The number of methoxy groups -OCH3 is 1. The Morgan fingerprint density at radius 3 is 2.76 bits per heavy atom. The molecular formula is C14H19NO2. The number of fused-ring (bicyclic) bond motifs is 1. The second kappa shape index (κ2) is 5.32. The predicted molar refractivity (Wildman–Crippen MR) is 66.7 cm³/mol. The Morgan fingerprint density at radius 1 is 1.41 bits per heavy atom. The number of carbonyl (C=O) groups is 1. The first-order valence-electron chi connectivity index (χ1n) is 6.15. The van der Waals surface area contributed by atoms with Gasteiger partial charge in [0.05, 0.1) is 7.11 Å². The van der Waals surface area contributed by atoms with Gasteiger partial charge >= 0.3 is 5.97 Å². The van der Waals surface area contributed by atoms with Crippen LogP contribution in [0.5, 0.6) is 0 Å². The predicted octanol–water partition coefficient (Wildman–Crippen LogP) is 2.00. The van der Waals surface area contributed by atoms with Crippen LogP contribution in [0.25, 0.3) is 0 Å². The lowest BCUT2D eigenvalue weighted by Gasteiger charge is -2.33. The van der Waals surface area contributed by atoms with Crippen molar-refractivity contribution in [2.45, 2.75) is 32.4 Å². The Morgan fingerprint density at radius 2 is 2.12 bits per heavy atom. The molecule has 0 fully saturated rings. The molecule has 1 aliphatic heterocycles. The molecule has 17 heavy (non-hydrogen) atoms. The summed E-state index contributed by atoms with van der Waals surface area (Å²) >= 11 is 0. The van der Waals surface area contributed by atoms with E-state index in [1.54, 1.807) is 0 Å². The van der Waals surface area contributed by atoms with Gasteiger partial charge in [-0.05, 0) is 24.0 Å². The topological polar surface area (TPSA) is 29.5 Å². The molecule has 0 N–H and O–H groups in total. The summed E-state index contributed by atoms with van der Waals surface area (Å²) in [5.74, 6) is -0.119. The van der Waals surface area contributed by atoms with E-state index in [9.17, 15) is 4.79 Å². The van der Waals surface area contributed by atoms with Gasteiger partial charge in [0.25, 0.3) is 0 Å². The van der Waals surface area contributed by atoms with Crippen LogP contribution < -0.4 is 0 Å². The zero-order valence-corrected chi connectivity index (χ0v) is 10.5. The first kappa shape index (κ1) is 12.1. The Balaban J connectivity index is 2.13. The number of hydrogen-bond acceptors (Lipinski definition) is 3. The minimum Gasteiger partial charge on any atom is -0.468 e. The molecule has 1 heterocycles. The van der Waals surface area contributed by atoms with Crippen molar-refractivity contribution < 1.29 is 9.53 Å². The van der Waals surface area contributed by atoms with Crippen LogP contribution in [0.3, 0.4) is 0 Å². The van der Waals surface area contributed by atoms with Gasteiger partial charge in [0, 0.05) is 13.1 Å². The Kier molecular flexibility index (Phi) is 3.79. The summed E-state index contributed by atoms with van der Waals surface area (Å²) in [7, 11) is 1.46. The zero-order valence-electron chi connectivity index (χ0n) is 10.5. The van der Waals surface area contributed by atoms with Gasteiger partial charge in [0.1, 0.15) is 6.04 Å². The van der Waals surface area contributed by atoms with E-state index in [0.717, 1.165) is 25.9 Å². The third-order valence-corrected chi connectivity index (χ3v) is 3.46. The van der Waals surface area contributed by atoms with Crippen LogP contribution in [-0.4, -0.2) is 30.6 Å². The van der Waals surface area contributed by atoms with E-state index in [1.807, 2.05) is 6.92 Å². The maximum atomic E-state index is 11.7. The average molecular weight is 233 g/mol. The Labute approximate surface area is 102 Å². The molecule has 0 radical (unpaired) electrons. The van der Waals surface area contributed by atoms with Crippen LogP contribution >= 0.6 is 0 Å². The Bertz CT molecular complexity index is 403. The molecule has 0 saturated carbocycles. The summed E-state index contributed by atoms with van der Waals surface area (Å²) in [6, 6.07) is 8.35. The molecule has 3 heteroatoms. The molecule has 0 spiro atoms. The van der Waals surface area contributed by atoms with E-state index >= 15 is 0 Å². The summed E-state index contributed by atoms with van der Waals surface area (Å²) in [5, 5.41) is 0. The lowest BCUT2D eigenvalue weighted by Crippen LogP contribution is -2.44. The van der Waals surface area contributed by atoms with Gasteiger partial charge in [0.15, 0.2) is 0 Å². The van der Waals surface area contributed by atoms with Crippen LogP contribution in [-0.2, 0) is 22.5 Å². The third-order valence-electron chi connectivity index (χ3n) is 3.46. The molecule has 0 aromatic heterocycles. The minimum atomic E-state index is -0.119. The van der Waals surface area contributed by atoms with Gasteiger partial charge in [0.2, 0.25) is 0 Å². The van der Waals surface area contributed by atoms with Gasteiger partial charge in [-0.2, -0.15) is 0 Å². The first-order valence-corrected chi connectivity index (χ1v) is 6.15. The highest BCUT2D eigenvalue weighted by molar-refractivity contribution is 5.75. The lowest BCUT2D eigenvalue weighted by atomic mass is 9.98. The van der Waals surface area contributed by atoms with Crippen LogP contribution in [0.1, 0.15) is 24.5 Å². The largest absolute Gasteiger partial charge is 0.468 e. The van der Waals surface area contributed by atoms with E-state index < -0.39 is 0 Å². The normalized spacial score (nSPS) is 17.3. The molecule has 0 aliphatic carbocycles. The standard InChI is InChI=1S/C14H19NO2/c1-3-13(14(16)17-2)15-9-8-11-6-4-5-7-12(11)10-15/h4-7,13H,3,8-10H2,1-2H3. The molecule has 1 unspecified atom stereocenters. The van der Waals surface area contributed by atoms with Crippen LogP contribution in [0.15, 0.2) is 24.3 Å². The third kappa shape index (κ3) is 2.50. The highest BCUT2D eigenvalue weighted by atomic mass is 16.5. The second-order valence-corrected chi connectivity index (χ2v) is 4.44. The molecule has 1 aromatic carbocycles. The fourth-order valence-electron chi connectivity index (χ4n) is 2.49. The smallest absolute Gasteiger partial charge is 0.323 e. The number of benzene rings is 1. The first-order chi connectivity index (χ1) is 8.26. The summed E-state index contributed by atoms with van der Waals surface area (Å²) in [6.07, 6.45) is 1.82. The summed E-state index contributed by atoms with van der Waals surface area (Å²) in [6.45, 7) is 3.82. The van der Waals surface area contributed by atoms with Gasteiger partial charge in [-0.3, -0.25) is 9.69 Å². The van der Waals surface area contributed by atoms with Crippen molar-refractivity contribution in [1.29, 1.82) is 0 Å². The van der Waals surface area contributed by atoms with Crippen LogP contribution in [0.2, 0.25) is 0 Å². The van der Waals surface area contributed by atoms with Gasteiger partial charge in [-0.25, -0.2) is 0 Å². The van der Waals surface area contributed by atoms with Crippen LogP contribution in [0.4, 0.5) is 0 Å². The second-order valence-electron chi connectivity index (χ2n) is 4.44. The molecular weight excluding hydrogens is 214 g/mol. The van der Waals surface area contributed by atoms with E-state index in [0.29, 0.717) is 0 Å². The number of carbonyl (C=O) groups excluding carboxylic acids is 1. The van der Waals surface area contributed by atoms with Gasteiger partial charge < -0.3 is 4.74 Å². The van der Waals surface area contributed by atoms with E-state index in [2.05, 4.69) is 29.2 Å². The monoisotopic (exact) mass is 233 g/mol. The number of esters is 1. The fourth-order valence-corrected chi connectivity index (χ4v) is 2.49. The maximum Gasteiger partial charge on any atom is 0.323 e. The SMILES string of the molecule is CCC(C(=O)OC)N1CCc2ccccc2C1. The molecule has 3 nitrogen and oxygen atoms in total. The number of rotatable bonds is 3. The zero-order chi connectivity index (χ0) is 12.3. The van der Waals surface area contributed by atoms with E-state index in [-0.39, 0.29) is 12.0 Å². The molecule has 2 rings (SSSR count). The van der Waals surface area contributed by atoms with Crippen molar-refractivity contribution in [1.82, 2.24) is 4.90 Å².